The Morgan fingerprint density at radius 1 is 1.15 bits per heavy atom. The van der Waals surface area contributed by atoms with Gasteiger partial charge < -0.3 is 19.0 Å². The molecule has 0 N–H and O–H groups in total. The van der Waals surface area contributed by atoms with Crippen molar-refractivity contribution in [3.05, 3.63) is 53.5 Å². The van der Waals surface area contributed by atoms with Gasteiger partial charge in [0.15, 0.2) is 0 Å². The summed E-state index contributed by atoms with van der Waals surface area (Å²) in [5.41, 5.74) is 1.29. The van der Waals surface area contributed by atoms with E-state index >= 15 is 0 Å². The summed E-state index contributed by atoms with van der Waals surface area (Å²) in [6, 6.07) is 12.6. The number of furan rings is 1. The number of carbonyl (C=O) groups excluding carboxylic acids is 1. The Hall–Kier alpha value is -2.31. The van der Waals surface area contributed by atoms with E-state index in [1.165, 1.54) is 18.4 Å². The molecule has 2 saturated heterocycles. The zero-order chi connectivity index (χ0) is 24.1. The summed E-state index contributed by atoms with van der Waals surface area (Å²) in [5, 5.41) is 0. The fourth-order valence-corrected chi connectivity index (χ4v) is 5.52. The fraction of sp³-hybridized carbons (Fsp3) is 0.607. The van der Waals surface area contributed by atoms with E-state index < -0.39 is 0 Å². The van der Waals surface area contributed by atoms with Gasteiger partial charge in [-0.2, -0.15) is 0 Å². The number of hydrogen-bond donors (Lipinski definition) is 0. The third-order valence-corrected chi connectivity index (χ3v) is 7.36. The zero-order valence-corrected chi connectivity index (χ0v) is 21.3. The standard InChI is InChI=1S/C28H41N3O3/c1-21(2)28(32)31(15-14-29-12-5-6-13-29)18-24-17-30(19-26-11-10-22(3)34-26)20-27(24)23-8-7-9-25(16-23)33-4/h7-11,16,21,24,27H,5-6,12-15,17-20H2,1-4H3. The number of benzene rings is 1. The minimum atomic E-state index is 0.0115. The SMILES string of the molecule is COc1cccc(C2CN(Cc3ccc(C)o3)CC2CN(CCN2CCCC2)C(=O)C(C)C)c1. The molecule has 186 valence electrons. The molecule has 0 bridgehead atoms. The van der Waals surface area contributed by atoms with Crippen molar-refractivity contribution in [3.63, 3.8) is 0 Å². The minimum Gasteiger partial charge on any atom is -0.497 e. The third-order valence-electron chi connectivity index (χ3n) is 7.36. The van der Waals surface area contributed by atoms with Crippen LogP contribution in [-0.2, 0) is 11.3 Å². The Kier molecular flexibility index (Phi) is 8.32. The van der Waals surface area contributed by atoms with E-state index in [2.05, 4.69) is 39.0 Å². The number of amides is 1. The molecule has 2 fully saturated rings. The molecule has 1 aromatic heterocycles. The maximum atomic E-state index is 13.2. The summed E-state index contributed by atoms with van der Waals surface area (Å²) in [6.07, 6.45) is 2.56. The van der Waals surface area contributed by atoms with Gasteiger partial charge in [-0.15, -0.1) is 0 Å². The first-order chi connectivity index (χ1) is 16.4. The molecule has 0 aliphatic carbocycles. The van der Waals surface area contributed by atoms with Gasteiger partial charge >= 0.3 is 0 Å². The summed E-state index contributed by atoms with van der Waals surface area (Å²) in [6.45, 7) is 13.6. The van der Waals surface area contributed by atoms with Crippen molar-refractivity contribution in [2.24, 2.45) is 11.8 Å². The number of likely N-dealkylation sites (tertiary alicyclic amines) is 2. The molecule has 2 aromatic rings. The summed E-state index contributed by atoms with van der Waals surface area (Å²) in [4.78, 5) is 20.3. The molecule has 3 heterocycles. The second-order valence-corrected chi connectivity index (χ2v) is 10.3. The van der Waals surface area contributed by atoms with Gasteiger partial charge in [-0.1, -0.05) is 26.0 Å². The van der Waals surface area contributed by atoms with Gasteiger partial charge in [-0.3, -0.25) is 9.69 Å². The minimum absolute atomic E-state index is 0.0115. The highest BCUT2D eigenvalue weighted by atomic mass is 16.5. The molecule has 0 spiro atoms. The number of nitrogens with zero attached hydrogens (tertiary/aromatic N) is 3. The van der Waals surface area contributed by atoms with E-state index in [0.29, 0.717) is 11.8 Å². The number of rotatable bonds is 10. The van der Waals surface area contributed by atoms with E-state index in [1.807, 2.05) is 32.9 Å². The van der Waals surface area contributed by atoms with Crippen LogP contribution in [0.25, 0.3) is 0 Å². The molecular formula is C28H41N3O3. The second kappa shape index (κ2) is 11.4. The van der Waals surface area contributed by atoms with Crippen LogP contribution in [0.15, 0.2) is 40.8 Å². The van der Waals surface area contributed by atoms with E-state index in [-0.39, 0.29) is 11.8 Å². The quantitative estimate of drug-likeness (QED) is 0.519. The van der Waals surface area contributed by atoms with E-state index in [1.54, 1.807) is 7.11 Å². The predicted molar refractivity (Wildman–Crippen MR) is 135 cm³/mol. The van der Waals surface area contributed by atoms with Crippen LogP contribution in [0.5, 0.6) is 5.75 Å². The molecule has 1 aromatic carbocycles. The molecule has 4 rings (SSSR count). The lowest BCUT2D eigenvalue weighted by atomic mass is 9.88. The summed E-state index contributed by atoms with van der Waals surface area (Å²) in [7, 11) is 1.72. The smallest absolute Gasteiger partial charge is 0.225 e. The maximum Gasteiger partial charge on any atom is 0.225 e. The van der Waals surface area contributed by atoms with Crippen molar-refractivity contribution in [1.29, 1.82) is 0 Å². The van der Waals surface area contributed by atoms with Crippen molar-refractivity contribution < 1.29 is 13.9 Å². The van der Waals surface area contributed by atoms with Crippen molar-refractivity contribution in [2.45, 2.75) is 46.1 Å². The van der Waals surface area contributed by atoms with E-state index in [0.717, 1.165) is 69.6 Å². The highest BCUT2D eigenvalue weighted by Gasteiger charge is 2.36. The molecule has 2 aliphatic heterocycles. The summed E-state index contributed by atoms with van der Waals surface area (Å²) >= 11 is 0. The van der Waals surface area contributed by atoms with Crippen molar-refractivity contribution >= 4 is 5.91 Å². The normalized spacial score (nSPS) is 21.4. The zero-order valence-electron chi connectivity index (χ0n) is 21.3. The first-order valence-electron chi connectivity index (χ1n) is 12.9. The number of ether oxygens (including phenoxy) is 1. The molecule has 6 nitrogen and oxygen atoms in total. The van der Waals surface area contributed by atoms with E-state index in [9.17, 15) is 4.79 Å². The van der Waals surface area contributed by atoms with Gasteiger partial charge in [0.25, 0.3) is 0 Å². The second-order valence-electron chi connectivity index (χ2n) is 10.3. The predicted octanol–water partition coefficient (Wildman–Crippen LogP) is 4.39. The largest absolute Gasteiger partial charge is 0.497 e. The molecule has 0 radical (unpaired) electrons. The lowest BCUT2D eigenvalue weighted by Gasteiger charge is -2.31. The lowest BCUT2D eigenvalue weighted by Crippen LogP contribution is -2.43. The average Bonchev–Trinajstić information content (AvgIpc) is 3.58. The highest BCUT2D eigenvalue weighted by Crippen LogP contribution is 2.36. The molecule has 2 atom stereocenters. The van der Waals surface area contributed by atoms with Crippen LogP contribution in [0.1, 0.15) is 49.7 Å². The molecular weight excluding hydrogens is 426 g/mol. The van der Waals surface area contributed by atoms with Gasteiger partial charge in [-0.05, 0) is 68.6 Å². The van der Waals surface area contributed by atoms with Gasteiger partial charge in [0.1, 0.15) is 17.3 Å². The molecule has 1 amide bonds. The van der Waals surface area contributed by atoms with Crippen LogP contribution in [0.4, 0.5) is 0 Å². The van der Waals surface area contributed by atoms with Crippen LogP contribution in [0.2, 0.25) is 0 Å². The Morgan fingerprint density at radius 3 is 2.62 bits per heavy atom. The maximum absolute atomic E-state index is 13.2. The molecule has 6 heteroatoms. The fourth-order valence-electron chi connectivity index (χ4n) is 5.52. The molecule has 2 unspecified atom stereocenters. The monoisotopic (exact) mass is 467 g/mol. The number of carbonyl (C=O) groups is 1. The first kappa shape index (κ1) is 24.8. The van der Waals surface area contributed by atoms with Crippen molar-refractivity contribution in [2.75, 3.05) is 52.9 Å². The Bertz CT molecular complexity index is 934. The Labute approximate surface area is 204 Å². The number of hydrogen-bond acceptors (Lipinski definition) is 5. The summed E-state index contributed by atoms with van der Waals surface area (Å²) < 4.78 is 11.4. The van der Waals surface area contributed by atoms with Gasteiger partial charge in [0.2, 0.25) is 5.91 Å². The van der Waals surface area contributed by atoms with Crippen LogP contribution in [0, 0.1) is 18.8 Å². The van der Waals surface area contributed by atoms with E-state index in [4.69, 9.17) is 9.15 Å². The third kappa shape index (κ3) is 6.22. The number of methoxy groups -OCH3 is 1. The Morgan fingerprint density at radius 2 is 1.94 bits per heavy atom. The lowest BCUT2D eigenvalue weighted by molar-refractivity contribution is -0.135. The van der Waals surface area contributed by atoms with Gasteiger partial charge in [-0.25, -0.2) is 0 Å². The van der Waals surface area contributed by atoms with Crippen LogP contribution in [0.3, 0.4) is 0 Å². The number of aryl methyl sites for hydroxylation is 1. The van der Waals surface area contributed by atoms with Gasteiger partial charge in [0, 0.05) is 44.6 Å². The Balaban J connectivity index is 1.52. The first-order valence-corrected chi connectivity index (χ1v) is 12.9. The summed E-state index contributed by atoms with van der Waals surface area (Å²) in [5.74, 6) is 3.84. The highest BCUT2D eigenvalue weighted by molar-refractivity contribution is 5.78. The van der Waals surface area contributed by atoms with Crippen LogP contribution < -0.4 is 4.74 Å². The topological polar surface area (TPSA) is 49.2 Å². The van der Waals surface area contributed by atoms with Gasteiger partial charge in [0.05, 0.1) is 13.7 Å². The van der Waals surface area contributed by atoms with Crippen LogP contribution >= 0.6 is 0 Å². The molecule has 0 saturated carbocycles. The van der Waals surface area contributed by atoms with Crippen LogP contribution in [-0.4, -0.2) is 73.5 Å². The molecule has 2 aliphatic rings. The van der Waals surface area contributed by atoms with Crippen molar-refractivity contribution in [1.82, 2.24) is 14.7 Å². The average molecular weight is 468 g/mol. The molecule has 34 heavy (non-hydrogen) atoms. The van der Waals surface area contributed by atoms with Crippen molar-refractivity contribution in [3.8, 4) is 5.75 Å².